The molecule has 0 aliphatic carbocycles. The Balaban J connectivity index is 1.83. The van der Waals surface area contributed by atoms with Crippen molar-refractivity contribution in [1.29, 1.82) is 0 Å². The Morgan fingerprint density at radius 1 is 1.10 bits per heavy atom. The maximum Gasteiger partial charge on any atom is 0.269 e. The molecule has 150 valence electrons. The third-order valence-electron chi connectivity index (χ3n) is 4.43. The third kappa shape index (κ3) is 5.74. The quantitative estimate of drug-likeness (QED) is 0.245. The summed E-state index contributed by atoms with van der Waals surface area (Å²) in [4.78, 5) is 19.3. The molecule has 0 unspecified atom stereocenters. The van der Waals surface area contributed by atoms with E-state index in [9.17, 15) is 10.1 Å². The van der Waals surface area contributed by atoms with Crippen LogP contribution in [0.3, 0.4) is 0 Å². The first-order chi connectivity index (χ1) is 14.6. The second-order valence-corrected chi connectivity index (χ2v) is 6.95. The van der Waals surface area contributed by atoms with Crippen molar-refractivity contribution >= 4 is 40.6 Å². The average molecular weight is 418 g/mol. The van der Waals surface area contributed by atoms with Gasteiger partial charge in [0.2, 0.25) is 0 Å². The van der Waals surface area contributed by atoms with Crippen LogP contribution >= 0.6 is 11.6 Å². The summed E-state index contributed by atoms with van der Waals surface area (Å²) >= 11 is 6.16. The summed E-state index contributed by atoms with van der Waals surface area (Å²) in [6, 6.07) is 21.8. The van der Waals surface area contributed by atoms with E-state index in [1.807, 2.05) is 42.5 Å². The van der Waals surface area contributed by atoms with E-state index < -0.39 is 4.92 Å². The van der Waals surface area contributed by atoms with Crippen LogP contribution in [0.1, 0.15) is 30.0 Å². The zero-order valence-corrected chi connectivity index (χ0v) is 17.2. The Morgan fingerprint density at radius 2 is 1.83 bits per heavy atom. The van der Waals surface area contributed by atoms with Crippen LogP contribution in [0.15, 0.2) is 82.8 Å². The van der Waals surface area contributed by atoms with Crippen LogP contribution in [0, 0.1) is 10.1 Å². The van der Waals surface area contributed by atoms with Crippen LogP contribution in [0.2, 0.25) is 5.02 Å². The van der Waals surface area contributed by atoms with E-state index >= 15 is 0 Å². The minimum absolute atomic E-state index is 0.0514. The maximum absolute atomic E-state index is 10.7. The van der Waals surface area contributed by atoms with Crippen LogP contribution < -0.4 is 0 Å². The third-order valence-corrected chi connectivity index (χ3v) is 4.67. The molecule has 3 aromatic rings. The van der Waals surface area contributed by atoms with Gasteiger partial charge in [-0.2, -0.15) is 0 Å². The normalized spacial score (nSPS) is 10.6. The van der Waals surface area contributed by atoms with Crippen LogP contribution in [-0.2, 0) is 6.54 Å². The summed E-state index contributed by atoms with van der Waals surface area (Å²) in [5.74, 6) is 3.17. The van der Waals surface area contributed by atoms with Crippen molar-refractivity contribution in [3.63, 3.8) is 0 Å². The van der Waals surface area contributed by atoms with Crippen molar-refractivity contribution in [3.05, 3.63) is 105 Å². The number of halogens is 1. The fourth-order valence-electron chi connectivity index (χ4n) is 2.84. The van der Waals surface area contributed by atoms with Crippen molar-refractivity contribution in [2.24, 2.45) is 9.98 Å². The van der Waals surface area contributed by atoms with E-state index in [0.29, 0.717) is 11.6 Å². The van der Waals surface area contributed by atoms with Gasteiger partial charge in [0.05, 0.1) is 17.2 Å². The lowest BCUT2D eigenvalue weighted by Gasteiger charge is -2.04. The highest BCUT2D eigenvalue weighted by atomic mass is 35.5. The topological polar surface area (TPSA) is 67.9 Å². The van der Waals surface area contributed by atoms with Crippen LogP contribution in [0.25, 0.3) is 5.57 Å². The molecule has 0 spiro atoms. The van der Waals surface area contributed by atoms with Crippen LogP contribution in [0.5, 0.6) is 0 Å². The van der Waals surface area contributed by atoms with Crippen LogP contribution in [-0.4, -0.2) is 17.0 Å². The first-order valence-corrected chi connectivity index (χ1v) is 9.85. The zero-order valence-electron chi connectivity index (χ0n) is 16.5. The zero-order chi connectivity index (χ0) is 21.3. The summed E-state index contributed by atoms with van der Waals surface area (Å²) in [5, 5.41) is 11.4. The first kappa shape index (κ1) is 21.2. The smallest absolute Gasteiger partial charge is 0.269 e. The number of nitro benzene ring substituents is 1. The van der Waals surface area contributed by atoms with Gasteiger partial charge in [0.25, 0.3) is 5.69 Å². The Labute approximate surface area is 180 Å². The monoisotopic (exact) mass is 417 g/mol. The van der Waals surface area contributed by atoms with E-state index in [2.05, 4.69) is 22.8 Å². The van der Waals surface area contributed by atoms with Crippen molar-refractivity contribution in [3.8, 4) is 0 Å². The lowest BCUT2D eigenvalue weighted by atomic mass is 10.1. The molecular weight excluding hydrogens is 398 g/mol. The van der Waals surface area contributed by atoms with Gasteiger partial charge in [-0.05, 0) is 53.7 Å². The Bertz CT molecular complexity index is 1120. The van der Waals surface area contributed by atoms with Gasteiger partial charge < -0.3 is 0 Å². The molecule has 6 heteroatoms. The SMILES string of the molecule is CCC(=C=Nc1ccc(Cl)cc1CN=Cc1ccc([N+](=O)[O-])cc1)c1ccccc1. The van der Waals surface area contributed by atoms with E-state index in [1.54, 1.807) is 24.4 Å². The van der Waals surface area contributed by atoms with Gasteiger partial charge in [-0.3, -0.25) is 15.1 Å². The largest absolute Gasteiger partial charge is 0.288 e. The molecule has 0 aliphatic heterocycles. The van der Waals surface area contributed by atoms with Crippen molar-refractivity contribution in [2.45, 2.75) is 19.9 Å². The summed E-state index contributed by atoms with van der Waals surface area (Å²) in [6.45, 7) is 2.45. The van der Waals surface area contributed by atoms with E-state index in [1.165, 1.54) is 12.1 Å². The van der Waals surface area contributed by atoms with Crippen molar-refractivity contribution in [1.82, 2.24) is 0 Å². The van der Waals surface area contributed by atoms with Gasteiger partial charge in [0, 0.05) is 34.5 Å². The Kier molecular flexibility index (Phi) is 7.28. The molecule has 0 aliphatic rings. The molecule has 0 atom stereocenters. The Morgan fingerprint density at radius 3 is 2.50 bits per heavy atom. The van der Waals surface area contributed by atoms with Crippen LogP contribution in [0.4, 0.5) is 11.4 Å². The maximum atomic E-state index is 10.7. The second kappa shape index (κ2) is 10.3. The highest BCUT2D eigenvalue weighted by Crippen LogP contribution is 2.24. The number of benzene rings is 3. The summed E-state index contributed by atoms with van der Waals surface area (Å²) in [5.41, 5.74) is 4.57. The predicted molar refractivity (Wildman–Crippen MR) is 123 cm³/mol. The molecule has 0 aromatic heterocycles. The number of aliphatic imine (C=N–C) groups is 2. The summed E-state index contributed by atoms with van der Waals surface area (Å²) < 4.78 is 0. The fraction of sp³-hybridized carbons (Fsp3) is 0.125. The number of rotatable bonds is 7. The van der Waals surface area contributed by atoms with Gasteiger partial charge in [-0.25, -0.2) is 4.99 Å². The van der Waals surface area contributed by atoms with E-state index in [-0.39, 0.29) is 5.69 Å². The molecule has 0 bridgehead atoms. The number of hydrogen-bond donors (Lipinski definition) is 0. The molecule has 0 radical (unpaired) electrons. The molecule has 30 heavy (non-hydrogen) atoms. The number of hydrogen-bond acceptors (Lipinski definition) is 4. The molecule has 5 nitrogen and oxygen atoms in total. The highest BCUT2D eigenvalue weighted by Gasteiger charge is 2.04. The lowest BCUT2D eigenvalue weighted by Crippen LogP contribution is -1.89. The molecule has 0 saturated carbocycles. The molecule has 3 aromatic carbocycles. The van der Waals surface area contributed by atoms with Crippen molar-refractivity contribution < 1.29 is 4.92 Å². The molecule has 0 heterocycles. The number of allylic oxidation sites excluding steroid dienone is 1. The van der Waals surface area contributed by atoms with Gasteiger partial charge in [0.1, 0.15) is 0 Å². The summed E-state index contributed by atoms with van der Waals surface area (Å²) in [7, 11) is 0. The fourth-order valence-corrected chi connectivity index (χ4v) is 3.03. The average Bonchev–Trinajstić information content (AvgIpc) is 2.76. The predicted octanol–water partition coefficient (Wildman–Crippen LogP) is 6.66. The first-order valence-electron chi connectivity index (χ1n) is 9.47. The minimum Gasteiger partial charge on any atom is -0.288 e. The molecular formula is C24H20ClN3O2. The second-order valence-electron chi connectivity index (χ2n) is 6.51. The van der Waals surface area contributed by atoms with Gasteiger partial charge in [0.15, 0.2) is 0 Å². The minimum atomic E-state index is -0.426. The molecule has 0 amide bonds. The highest BCUT2D eigenvalue weighted by molar-refractivity contribution is 6.30. The number of nitrogens with zero attached hydrogens (tertiary/aromatic N) is 3. The van der Waals surface area contributed by atoms with E-state index in [0.717, 1.165) is 34.4 Å². The number of non-ortho nitro benzene ring substituents is 1. The van der Waals surface area contributed by atoms with Crippen molar-refractivity contribution in [2.75, 3.05) is 0 Å². The van der Waals surface area contributed by atoms with Gasteiger partial charge >= 0.3 is 0 Å². The molecule has 0 saturated heterocycles. The Hall–Kier alpha value is -3.53. The lowest BCUT2D eigenvalue weighted by molar-refractivity contribution is -0.384. The molecule has 0 N–H and O–H groups in total. The van der Waals surface area contributed by atoms with Gasteiger partial charge in [-0.1, -0.05) is 48.9 Å². The number of nitro groups is 1. The standard InChI is InChI=1S/C24H20ClN3O2/c1-2-19(20-6-4-3-5-7-20)17-27-24-13-10-22(25)14-21(24)16-26-15-18-8-11-23(12-9-18)28(29)30/h3-15H,2,16H2,1H3. The molecule has 3 rings (SSSR count). The molecule has 0 fully saturated rings. The van der Waals surface area contributed by atoms with Gasteiger partial charge in [-0.15, -0.1) is 0 Å². The van der Waals surface area contributed by atoms with E-state index in [4.69, 9.17) is 11.6 Å². The summed E-state index contributed by atoms with van der Waals surface area (Å²) in [6.07, 6.45) is 2.49.